The normalized spacial score (nSPS) is 13.7. The smallest absolute Gasteiger partial charge is 0.255 e. The van der Waals surface area contributed by atoms with Gasteiger partial charge in [-0.1, -0.05) is 0 Å². The van der Waals surface area contributed by atoms with Gasteiger partial charge in [0.15, 0.2) is 11.5 Å². The van der Waals surface area contributed by atoms with Gasteiger partial charge in [0.2, 0.25) is 5.75 Å². The van der Waals surface area contributed by atoms with Crippen LogP contribution < -0.4 is 15.0 Å². The summed E-state index contributed by atoms with van der Waals surface area (Å²) in [5.41, 5.74) is 3.02. The largest absolute Gasteiger partial charge is 0.504 e. The van der Waals surface area contributed by atoms with Crippen molar-refractivity contribution in [3.8, 4) is 28.6 Å². The minimum atomic E-state index is -0.131. The summed E-state index contributed by atoms with van der Waals surface area (Å²) < 4.78 is 10.5. The van der Waals surface area contributed by atoms with Gasteiger partial charge in [-0.2, -0.15) is 0 Å². The van der Waals surface area contributed by atoms with E-state index in [9.17, 15) is 9.90 Å². The summed E-state index contributed by atoms with van der Waals surface area (Å²) in [6.45, 7) is 1.81. The fraction of sp³-hybridized carbons (Fsp3) is 0.286. The number of nitrogens with zero attached hydrogens (tertiary/aromatic N) is 3. The third kappa shape index (κ3) is 3.79. The Morgan fingerprint density at radius 3 is 2.86 bits per heavy atom. The van der Waals surface area contributed by atoms with E-state index in [4.69, 9.17) is 9.47 Å². The first-order valence-electron chi connectivity index (χ1n) is 9.27. The summed E-state index contributed by atoms with van der Waals surface area (Å²) in [4.78, 5) is 26.4. The summed E-state index contributed by atoms with van der Waals surface area (Å²) in [5, 5.41) is 10.2. The maximum atomic E-state index is 12.7. The van der Waals surface area contributed by atoms with Crippen LogP contribution in [0.3, 0.4) is 0 Å². The zero-order chi connectivity index (χ0) is 20.4. The van der Waals surface area contributed by atoms with Crippen molar-refractivity contribution in [2.75, 3.05) is 20.8 Å². The molecule has 150 valence electrons. The second-order valence-electron chi connectivity index (χ2n) is 6.89. The molecule has 29 heavy (non-hydrogen) atoms. The zero-order valence-electron chi connectivity index (χ0n) is 16.3. The minimum absolute atomic E-state index is 0.0277. The molecule has 1 aliphatic rings. The van der Waals surface area contributed by atoms with Crippen LogP contribution in [0.5, 0.6) is 17.2 Å². The summed E-state index contributed by atoms with van der Waals surface area (Å²) in [7, 11) is 3.02. The van der Waals surface area contributed by atoms with Gasteiger partial charge in [0.1, 0.15) is 5.82 Å². The van der Waals surface area contributed by atoms with Crippen molar-refractivity contribution in [1.82, 2.24) is 19.9 Å². The predicted molar refractivity (Wildman–Crippen MR) is 107 cm³/mol. The van der Waals surface area contributed by atoms with E-state index in [0.29, 0.717) is 42.4 Å². The summed E-state index contributed by atoms with van der Waals surface area (Å²) >= 11 is 0. The number of benzene rings is 1. The number of H-pyrrole nitrogens is 1. The average molecular weight is 394 g/mol. The molecule has 0 radical (unpaired) electrons. The van der Waals surface area contributed by atoms with Gasteiger partial charge < -0.3 is 19.6 Å². The van der Waals surface area contributed by atoms with Gasteiger partial charge in [-0.05, 0) is 29.8 Å². The molecule has 0 fully saturated rings. The predicted octanol–water partition coefficient (Wildman–Crippen LogP) is 2.11. The van der Waals surface area contributed by atoms with Crippen molar-refractivity contribution in [1.29, 1.82) is 0 Å². The standard InChI is InChI=1S/C21H22N4O4/c1-28-18-9-13(8-17(26)19(18)29-2)11-25-7-5-16-15(12-25)21(27)24-20(23-16)14-4-3-6-22-10-14/h3-4,6,8-10,26H,5,7,11-12H2,1-2H3,(H,23,24,27). The van der Waals surface area contributed by atoms with E-state index in [2.05, 4.69) is 19.9 Å². The number of rotatable bonds is 5. The van der Waals surface area contributed by atoms with E-state index in [1.165, 1.54) is 14.2 Å². The Morgan fingerprint density at radius 2 is 2.14 bits per heavy atom. The van der Waals surface area contributed by atoms with Gasteiger partial charge in [0.05, 0.1) is 25.5 Å². The van der Waals surface area contributed by atoms with Crippen molar-refractivity contribution in [2.24, 2.45) is 0 Å². The highest BCUT2D eigenvalue weighted by Crippen LogP contribution is 2.37. The van der Waals surface area contributed by atoms with E-state index in [-0.39, 0.29) is 11.3 Å². The molecule has 2 N–H and O–H groups in total. The molecule has 3 aromatic rings. The Hall–Kier alpha value is -3.39. The Labute approximate surface area is 167 Å². The molecule has 0 aliphatic carbocycles. The van der Waals surface area contributed by atoms with Crippen LogP contribution in [-0.4, -0.2) is 45.7 Å². The van der Waals surface area contributed by atoms with Gasteiger partial charge in [-0.15, -0.1) is 0 Å². The number of methoxy groups -OCH3 is 2. The molecule has 0 spiro atoms. The van der Waals surface area contributed by atoms with Gasteiger partial charge >= 0.3 is 0 Å². The molecule has 0 atom stereocenters. The van der Waals surface area contributed by atoms with Gasteiger partial charge in [-0.3, -0.25) is 14.7 Å². The molecule has 0 saturated carbocycles. The van der Waals surface area contributed by atoms with Crippen LogP contribution in [0.1, 0.15) is 16.8 Å². The first-order chi connectivity index (χ1) is 14.1. The lowest BCUT2D eigenvalue weighted by Crippen LogP contribution is -2.35. The molecular formula is C21H22N4O4. The molecule has 4 rings (SSSR count). The van der Waals surface area contributed by atoms with Crippen molar-refractivity contribution in [3.63, 3.8) is 0 Å². The summed E-state index contributed by atoms with van der Waals surface area (Å²) in [6.07, 6.45) is 4.04. The SMILES string of the molecule is COc1cc(CN2CCc3nc(-c4cccnc4)[nH]c(=O)c3C2)cc(O)c1OC. The Kier molecular flexibility index (Phi) is 5.18. The van der Waals surface area contributed by atoms with E-state index >= 15 is 0 Å². The lowest BCUT2D eigenvalue weighted by Gasteiger charge is -2.28. The third-order valence-electron chi connectivity index (χ3n) is 5.01. The van der Waals surface area contributed by atoms with Crippen LogP contribution in [0.4, 0.5) is 0 Å². The van der Waals surface area contributed by atoms with Crippen LogP contribution in [0.2, 0.25) is 0 Å². The topological polar surface area (TPSA) is 101 Å². The molecule has 8 heteroatoms. The van der Waals surface area contributed by atoms with Crippen molar-refractivity contribution < 1.29 is 14.6 Å². The molecule has 0 unspecified atom stereocenters. The van der Waals surface area contributed by atoms with Crippen LogP contribution >= 0.6 is 0 Å². The van der Waals surface area contributed by atoms with Gasteiger partial charge in [0.25, 0.3) is 5.56 Å². The molecule has 0 saturated heterocycles. The Balaban J connectivity index is 1.57. The number of phenols is 1. The highest BCUT2D eigenvalue weighted by Gasteiger charge is 2.22. The number of aromatic hydroxyl groups is 1. The lowest BCUT2D eigenvalue weighted by molar-refractivity contribution is 0.240. The molecule has 2 aromatic heterocycles. The molecule has 8 nitrogen and oxygen atoms in total. The Bertz CT molecular complexity index is 1080. The highest BCUT2D eigenvalue weighted by atomic mass is 16.5. The number of phenolic OH excluding ortho intramolecular Hbond substituents is 1. The molecule has 0 bridgehead atoms. The zero-order valence-corrected chi connectivity index (χ0v) is 16.3. The third-order valence-corrected chi connectivity index (χ3v) is 5.01. The van der Waals surface area contributed by atoms with Crippen molar-refractivity contribution in [2.45, 2.75) is 19.5 Å². The Morgan fingerprint density at radius 1 is 1.28 bits per heavy atom. The molecule has 1 aromatic carbocycles. The number of aromatic amines is 1. The fourth-order valence-electron chi connectivity index (χ4n) is 3.60. The number of pyridine rings is 1. The number of hydrogen-bond acceptors (Lipinski definition) is 7. The quantitative estimate of drug-likeness (QED) is 0.684. The summed E-state index contributed by atoms with van der Waals surface area (Å²) in [6, 6.07) is 7.18. The monoisotopic (exact) mass is 394 g/mol. The molecular weight excluding hydrogens is 372 g/mol. The maximum Gasteiger partial charge on any atom is 0.255 e. The minimum Gasteiger partial charge on any atom is -0.504 e. The second kappa shape index (κ2) is 7.92. The van der Waals surface area contributed by atoms with E-state index in [1.54, 1.807) is 18.5 Å². The van der Waals surface area contributed by atoms with Crippen molar-refractivity contribution >= 4 is 0 Å². The first-order valence-corrected chi connectivity index (χ1v) is 9.27. The average Bonchev–Trinajstić information content (AvgIpc) is 2.74. The van der Waals surface area contributed by atoms with Crippen LogP contribution in [0.25, 0.3) is 11.4 Å². The lowest BCUT2D eigenvalue weighted by atomic mass is 10.1. The first kappa shape index (κ1) is 18.9. The molecule has 3 heterocycles. The van der Waals surface area contributed by atoms with Crippen molar-refractivity contribution in [3.05, 3.63) is 63.8 Å². The van der Waals surface area contributed by atoms with Crippen LogP contribution in [0.15, 0.2) is 41.5 Å². The molecule has 0 amide bonds. The van der Waals surface area contributed by atoms with Crippen LogP contribution in [0, 0.1) is 0 Å². The second-order valence-corrected chi connectivity index (χ2v) is 6.89. The molecule has 1 aliphatic heterocycles. The number of nitrogens with one attached hydrogen (secondary N) is 1. The summed E-state index contributed by atoms with van der Waals surface area (Å²) in [5.74, 6) is 1.35. The van der Waals surface area contributed by atoms with Crippen LogP contribution in [-0.2, 0) is 19.5 Å². The number of hydrogen-bond donors (Lipinski definition) is 2. The maximum absolute atomic E-state index is 12.7. The number of aromatic nitrogens is 3. The van der Waals surface area contributed by atoms with E-state index in [1.807, 2.05) is 18.2 Å². The fourth-order valence-corrected chi connectivity index (χ4v) is 3.60. The highest BCUT2D eigenvalue weighted by molar-refractivity contribution is 5.54. The van der Waals surface area contributed by atoms with E-state index < -0.39 is 0 Å². The van der Waals surface area contributed by atoms with Gasteiger partial charge in [-0.25, -0.2) is 4.98 Å². The number of fused-ring (bicyclic) bond motifs is 1. The van der Waals surface area contributed by atoms with E-state index in [0.717, 1.165) is 23.4 Å². The van der Waals surface area contributed by atoms with Gasteiger partial charge in [0, 0.05) is 44.0 Å². The number of ether oxygens (including phenoxy) is 2.